The van der Waals surface area contributed by atoms with Crippen molar-refractivity contribution >= 4 is 5.91 Å². The van der Waals surface area contributed by atoms with E-state index < -0.39 is 36.0 Å². The van der Waals surface area contributed by atoms with E-state index in [-0.39, 0.29) is 12.1 Å². The van der Waals surface area contributed by atoms with Gasteiger partial charge in [-0.05, 0) is 24.6 Å². The largest absolute Gasteiger partial charge is 0.475 e. The number of carbonyl (C=O) groups excluding carboxylic acids is 1. The summed E-state index contributed by atoms with van der Waals surface area (Å²) in [5, 5.41) is 11.2. The van der Waals surface area contributed by atoms with Crippen LogP contribution in [0.4, 0.5) is 8.78 Å². The molecule has 0 heterocycles. The van der Waals surface area contributed by atoms with Crippen LogP contribution in [0, 0.1) is 11.6 Å². The van der Waals surface area contributed by atoms with Crippen LogP contribution in [-0.2, 0) is 11.4 Å². The molecule has 0 aliphatic heterocycles. The number of nitrogens with one attached hydrogen (secondary N) is 1. The van der Waals surface area contributed by atoms with Gasteiger partial charge in [-0.1, -0.05) is 6.08 Å². The molecule has 1 unspecified atom stereocenters. The summed E-state index contributed by atoms with van der Waals surface area (Å²) < 4.78 is 32.1. The minimum absolute atomic E-state index is 0.0890. The number of halogens is 2. The topological polar surface area (TPSA) is 58.6 Å². The molecule has 19 heavy (non-hydrogen) atoms. The van der Waals surface area contributed by atoms with E-state index in [1.54, 1.807) is 0 Å². The molecule has 0 aliphatic rings. The van der Waals surface area contributed by atoms with Crippen molar-refractivity contribution in [1.29, 1.82) is 0 Å². The number of ether oxygens (including phenoxy) is 1. The molecule has 0 aliphatic carbocycles. The molecule has 6 heteroatoms. The second-order valence-corrected chi connectivity index (χ2v) is 3.84. The van der Waals surface area contributed by atoms with Crippen LogP contribution in [0.3, 0.4) is 0 Å². The Bertz CT molecular complexity index is 454. The molecule has 0 spiro atoms. The molecule has 1 amide bonds. The molecule has 1 atom stereocenters. The number of carbonyl (C=O) groups is 1. The average Bonchev–Trinajstić information content (AvgIpc) is 2.39. The second-order valence-electron chi connectivity index (χ2n) is 3.84. The van der Waals surface area contributed by atoms with Crippen LogP contribution in [0.25, 0.3) is 0 Å². The van der Waals surface area contributed by atoms with Gasteiger partial charge < -0.3 is 15.2 Å². The smallest absolute Gasteiger partial charge is 0.261 e. The monoisotopic (exact) mass is 271 g/mol. The number of aliphatic hydroxyl groups is 1. The number of rotatable bonds is 6. The molecule has 0 radical (unpaired) electrons. The van der Waals surface area contributed by atoms with Crippen molar-refractivity contribution in [2.75, 3.05) is 6.54 Å². The molecule has 0 bridgehead atoms. The van der Waals surface area contributed by atoms with E-state index in [0.717, 1.165) is 12.1 Å². The number of benzene rings is 1. The lowest BCUT2D eigenvalue weighted by Gasteiger charge is -2.15. The van der Waals surface area contributed by atoms with Crippen molar-refractivity contribution in [1.82, 2.24) is 5.32 Å². The Hall–Kier alpha value is -1.95. The van der Waals surface area contributed by atoms with Gasteiger partial charge in [-0.3, -0.25) is 4.79 Å². The summed E-state index contributed by atoms with van der Waals surface area (Å²) in [5.41, 5.74) is 0.0890. The fourth-order valence-electron chi connectivity index (χ4n) is 1.36. The van der Waals surface area contributed by atoms with Crippen molar-refractivity contribution < 1.29 is 23.4 Å². The van der Waals surface area contributed by atoms with E-state index in [1.807, 2.05) is 0 Å². The summed E-state index contributed by atoms with van der Waals surface area (Å²) in [5.74, 6) is -3.08. The van der Waals surface area contributed by atoms with Crippen LogP contribution < -0.4 is 10.1 Å². The Morgan fingerprint density at radius 2 is 2.11 bits per heavy atom. The van der Waals surface area contributed by atoms with Crippen LogP contribution in [-0.4, -0.2) is 23.7 Å². The normalized spacial score (nSPS) is 11.8. The van der Waals surface area contributed by atoms with Gasteiger partial charge in [0.25, 0.3) is 5.91 Å². The Morgan fingerprint density at radius 3 is 2.58 bits per heavy atom. The van der Waals surface area contributed by atoms with Crippen molar-refractivity contribution in [2.24, 2.45) is 0 Å². The molecular weight excluding hydrogens is 256 g/mol. The highest BCUT2D eigenvalue weighted by Crippen LogP contribution is 2.24. The van der Waals surface area contributed by atoms with Gasteiger partial charge in [0.15, 0.2) is 23.5 Å². The predicted molar refractivity (Wildman–Crippen MR) is 65.6 cm³/mol. The highest BCUT2D eigenvalue weighted by atomic mass is 19.1. The highest BCUT2D eigenvalue weighted by Gasteiger charge is 2.19. The van der Waals surface area contributed by atoms with Crippen molar-refractivity contribution in [3.05, 3.63) is 42.0 Å². The standard InChI is InChI=1S/C13H15F2NO3/c1-3-4-16-13(18)8(2)19-12-10(14)5-9(7-17)6-11(12)15/h3,5-6,8,17H,1,4,7H2,2H3,(H,16,18). The Kier molecular flexibility index (Phi) is 5.44. The summed E-state index contributed by atoms with van der Waals surface area (Å²) in [6.45, 7) is 4.55. The van der Waals surface area contributed by atoms with Gasteiger partial charge in [-0.15, -0.1) is 6.58 Å². The Labute approximate surface area is 109 Å². The van der Waals surface area contributed by atoms with Gasteiger partial charge in [0.05, 0.1) is 6.61 Å². The zero-order chi connectivity index (χ0) is 14.4. The third kappa shape index (κ3) is 4.03. The van der Waals surface area contributed by atoms with E-state index >= 15 is 0 Å². The van der Waals surface area contributed by atoms with Crippen LogP contribution in [0.2, 0.25) is 0 Å². The van der Waals surface area contributed by atoms with Gasteiger partial charge in [-0.25, -0.2) is 8.78 Å². The summed E-state index contributed by atoms with van der Waals surface area (Å²) in [6.07, 6.45) is 0.422. The fourth-order valence-corrected chi connectivity index (χ4v) is 1.36. The maximum Gasteiger partial charge on any atom is 0.261 e. The molecule has 0 fully saturated rings. The van der Waals surface area contributed by atoms with Gasteiger partial charge in [0.1, 0.15) is 0 Å². The summed E-state index contributed by atoms with van der Waals surface area (Å²) in [6, 6.07) is 1.90. The van der Waals surface area contributed by atoms with Gasteiger partial charge >= 0.3 is 0 Å². The predicted octanol–water partition coefficient (Wildman–Crippen LogP) is 1.53. The van der Waals surface area contributed by atoms with Crippen LogP contribution >= 0.6 is 0 Å². The molecule has 1 aromatic carbocycles. The lowest BCUT2D eigenvalue weighted by atomic mass is 10.2. The Balaban J connectivity index is 2.82. The maximum absolute atomic E-state index is 13.5. The molecule has 1 rings (SSSR count). The molecule has 4 nitrogen and oxygen atoms in total. The van der Waals surface area contributed by atoms with E-state index in [1.165, 1.54) is 13.0 Å². The zero-order valence-electron chi connectivity index (χ0n) is 10.5. The lowest BCUT2D eigenvalue weighted by molar-refractivity contribution is -0.127. The highest BCUT2D eigenvalue weighted by molar-refractivity contribution is 5.80. The molecule has 2 N–H and O–H groups in total. The minimum atomic E-state index is -1.05. The van der Waals surface area contributed by atoms with Gasteiger partial charge in [-0.2, -0.15) is 0 Å². The van der Waals surface area contributed by atoms with Crippen molar-refractivity contribution in [3.63, 3.8) is 0 Å². The molecule has 104 valence electrons. The molecule has 0 aromatic heterocycles. The first-order valence-corrected chi connectivity index (χ1v) is 5.63. The van der Waals surface area contributed by atoms with Gasteiger partial charge in [0.2, 0.25) is 0 Å². The van der Waals surface area contributed by atoms with Crippen LogP contribution in [0.5, 0.6) is 5.75 Å². The summed E-state index contributed by atoms with van der Waals surface area (Å²) in [7, 11) is 0. The van der Waals surface area contributed by atoms with E-state index in [0.29, 0.717) is 0 Å². The average molecular weight is 271 g/mol. The number of hydrogen-bond acceptors (Lipinski definition) is 3. The first-order chi connectivity index (χ1) is 8.99. The van der Waals surface area contributed by atoms with Gasteiger partial charge in [0, 0.05) is 6.54 Å². The van der Waals surface area contributed by atoms with E-state index in [4.69, 9.17) is 9.84 Å². The first kappa shape index (κ1) is 15.1. The number of amides is 1. The quantitative estimate of drug-likeness (QED) is 0.771. The number of aliphatic hydroxyl groups excluding tert-OH is 1. The first-order valence-electron chi connectivity index (χ1n) is 5.63. The second kappa shape index (κ2) is 6.84. The van der Waals surface area contributed by atoms with E-state index in [2.05, 4.69) is 11.9 Å². The SMILES string of the molecule is C=CCNC(=O)C(C)Oc1c(F)cc(CO)cc1F. The Morgan fingerprint density at radius 1 is 1.53 bits per heavy atom. The lowest BCUT2D eigenvalue weighted by Crippen LogP contribution is -2.36. The zero-order valence-corrected chi connectivity index (χ0v) is 10.5. The molecular formula is C13H15F2NO3. The molecule has 1 aromatic rings. The van der Waals surface area contributed by atoms with Crippen LogP contribution in [0.15, 0.2) is 24.8 Å². The molecule has 0 saturated carbocycles. The van der Waals surface area contributed by atoms with Crippen molar-refractivity contribution in [3.8, 4) is 5.75 Å². The number of hydrogen-bond donors (Lipinski definition) is 2. The van der Waals surface area contributed by atoms with Crippen LogP contribution in [0.1, 0.15) is 12.5 Å². The molecule has 0 saturated heterocycles. The third-order valence-corrected chi connectivity index (χ3v) is 2.33. The summed E-state index contributed by atoms with van der Waals surface area (Å²) in [4.78, 5) is 11.5. The minimum Gasteiger partial charge on any atom is -0.475 e. The third-order valence-electron chi connectivity index (χ3n) is 2.33. The summed E-state index contributed by atoms with van der Waals surface area (Å²) >= 11 is 0. The van der Waals surface area contributed by atoms with E-state index in [9.17, 15) is 13.6 Å². The van der Waals surface area contributed by atoms with Crippen molar-refractivity contribution in [2.45, 2.75) is 19.6 Å². The fraction of sp³-hybridized carbons (Fsp3) is 0.308. The maximum atomic E-state index is 13.5.